The third kappa shape index (κ3) is 5.86. The molecular weight excluding hydrogens is 472 g/mol. The van der Waals surface area contributed by atoms with Gasteiger partial charge in [-0.3, -0.25) is 4.79 Å². The molecule has 1 amide bonds. The van der Waals surface area contributed by atoms with Crippen molar-refractivity contribution in [3.63, 3.8) is 0 Å². The van der Waals surface area contributed by atoms with E-state index >= 15 is 0 Å². The Morgan fingerprint density at radius 1 is 0.914 bits per heavy atom. The van der Waals surface area contributed by atoms with Crippen LogP contribution in [-0.2, 0) is 14.8 Å². The van der Waals surface area contributed by atoms with Crippen molar-refractivity contribution in [2.75, 3.05) is 23.7 Å². The first-order valence-corrected chi connectivity index (χ1v) is 12.9. The molecule has 0 saturated carbocycles. The van der Waals surface area contributed by atoms with E-state index in [-0.39, 0.29) is 35.9 Å². The Balaban J connectivity index is 1.30. The number of carbonyl (C=O) groups is 1. The number of piperidine rings is 1. The average molecular weight is 500 g/mol. The molecule has 2 N–H and O–H groups in total. The minimum Gasteiger partial charge on any atom is -0.379 e. The van der Waals surface area contributed by atoms with E-state index in [0.29, 0.717) is 24.6 Å². The Hall–Kier alpha value is -3.30. The molecule has 0 aliphatic carbocycles. The van der Waals surface area contributed by atoms with Gasteiger partial charge in [-0.05, 0) is 67.8 Å². The number of hydrogen-bond acceptors (Lipinski definition) is 4. The number of carbonyl (C=O) groups excluding carboxylic acids is 1. The number of nitrogens with zero attached hydrogens (tertiary/aromatic N) is 1. The summed E-state index contributed by atoms with van der Waals surface area (Å²) in [5, 5.41) is 6.32. The molecule has 3 aromatic rings. The molecule has 1 fully saturated rings. The number of amides is 1. The maximum Gasteiger partial charge on any atom is 0.243 e. The van der Waals surface area contributed by atoms with Crippen molar-refractivity contribution >= 4 is 27.3 Å². The van der Waals surface area contributed by atoms with Crippen LogP contribution in [0.25, 0.3) is 0 Å². The molecular formula is C26H27F2N3O3S. The predicted molar refractivity (Wildman–Crippen MR) is 131 cm³/mol. The topological polar surface area (TPSA) is 78.5 Å². The smallest absolute Gasteiger partial charge is 0.243 e. The summed E-state index contributed by atoms with van der Waals surface area (Å²) in [5.41, 5.74) is 2.75. The number of benzene rings is 3. The predicted octanol–water partition coefficient (Wildman–Crippen LogP) is 5.18. The second-order valence-corrected chi connectivity index (χ2v) is 10.5. The molecule has 0 bridgehead atoms. The average Bonchev–Trinajstić information content (AvgIpc) is 2.87. The lowest BCUT2D eigenvalue weighted by Gasteiger charge is -2.30. The lowest BCUT2D eigenvalue weighted by atomic mass is 9.97. The third-order valence-corrected chi connectivity index (χ3v) is 8.08. The zero-order chi connectivity index (χ0) is 25.0. The molecule has 1 atom stereocenters. The number of halogens is 2. The van der Waals surface area contributed by atoms with Crippen LogP contribution in [0, 0.1) is 17.6 Å². The van der Waals surface area contributed by atoms with E-state index in [1.807, 2.05) is 42.5 Å². The van der Waals surface area contributed by atoms with Gasteiger partial charge >= 0.3 is 0 Å². The van der Waals surface area contributed by atoms with Crippen molar-refractivity contribution in [1.29, 1.82) is 0 Å². The van der Waals surface area contributed by atoms with Crippen LogP contribution < -0.4 is 10.6 Å². The number of nitrogens with one attached hydrogen (secondary N) is 2. The zero-order valence-corrected chi connectivity index (χ0v) is 20.1. The van der Waals surface area contributed by atoms with E-state index in [4.69, 9.17) is 0 Å². The summed E-state index contributed by atoms with van der Waals surface area (Å²) in [6.07, 6.45) is 0.673. The van der Waals surface area contributed by atoms with Gasteiger partial charge in [0.25, 0.3) is 0 Å². The second kappa shape index (κ2) is 10.5. The van der Waals surface area contributed by atoms with Crippen molar-refractivity contribution in [3.05, 3.63) is 90.0 Å². The summed E-state index contributed by atoms with van der Waals surface area (Å²) in [6.45, 7) is 2.32. The molecule has 1 aliphatic rings. The Bertz CT molecular complexity index is 1280. The fraction of sp³-hybridized carbons (Fsp3) is 0.269. The summed E-state index contributed by atoms with van der Waals surface area (Å²) >= 11 is 0. The SMILES string of the molecule is CC(Nc1ccc(NC(=O)C2CCN(S(=O)(=O)c3ccc(F)c(F)c3)CC2)cc1)c1ccccc1. The van der Waals surface area contributed by atoms with Crippen LogP contribution in [0.3, 0.4) is 0 Å². The third-order valence-electron chi connectivity index (χ3n) is 6.19. The lowest BCUT2D eigenvalue weighted by Crippen LogP contribution is -2.41. The Morgan fingerprint density at radius 2 is 1.54 bits per heavy atom. The summed E-state index contributed by atoms with van der Waals surface area (Å²) in [7, 11) is -3.96. The van der Waals surface area contributed by atoms with Crippen molar-refractivity contribution < 1.29 is 22.0 Å². The number of anilines is 2. The number of rotatable bonds is 7. The van der Waals surface area contributed by atoms with E-state index in [0.717, 1.165) is 17.8 Å². The highest BCUT2D eigenvalue weighted by Gasteiger charge is 2.32. The van der Waals surface area contributed by atoms with Gasteiger partial charge in [-0.2, -0.15) is 4.31 Å². The van der Waals surface area contributed by atoms with Gasteiger partial charge in [0.05, 0.1) is 4.90 Å². The van der Waals surface area contributed by atoms with Gasteiger partial charge in [0.1, 0.15) is 0 Å². The summed E-state index contributed by atoms with van der Waals surface area (Å²) in [5.74, 6) is -2.83. The van der Waals surface area contributed by atoms with E-state index in [1.54, 1.807) is 0 Å². The Kier molecular flexibility index (Phi) is 7.47. The Labute approximate surface area is 204 Å². The van der Waals surface area contributed by atoms with E-state index in [2.05, 4.69) is 29.7 Å². The van der Waals surface area contributed by atoms with E-state index < -0.39 is 21.7 Å². The quantitative estimate of drug-likeness (QED) is 0.470. The first kappa shape index (κ1) is 24.8. The first-order chi connectivity index (χ1) is 16.7. The van der Waals surface area contributed by atoms with Crippen molar-refractivity contribution in [2.45, 2.75) is 30.7 Å². The molecule has 4 rings (SSSR count). The number of hydrogen-bond donors (Lipinski definition) is 2. The van der Waals surface area contributed by atoms with Crippen molar-refractivity contribution in [1.82, 2.24) is 4.31 Å². The fourth-order valence-corrected chi connectivity index (χ4v) is 5.60. The highest BCUT2D eigenvalue weighted by Crippen LogP contribution is 2.26. The maximum atomic E-state index is 13.5. The molecule has 1 unspecified atom stereocenters. The molecule has 3 aromatic carbocycles. The van der Waals surface area contributed by atoms with Gasteiger partial charge < -0.3 is 10.6 Å². The molecule has 9 heteroatoms. The minimum atomic E-state index is -3.96. The lowest BCUT2D eigenvalue weighted by molar-refractivity contribution is -0.120. The molecule has 0 aromatic heterocycles. The van der Waals surface area contributed by atoms with Gasteiger partial charge in [0.15, 0.2) is 11.6 Å². The first-order valence-electron chi connectivity index (χ1n) is 11.4. The van der Waals surface area contributed by atoms with Gasteiger partial charge in [0, 0.05) is 36.4 Å². The van der Waals surface area contributed by atoms with Crippen LogP contribution >= 0.6 is 0 Å². The van der Waals surface area contributed by atoms with Crippen molar-refractivity contribution in [2.24, 2.45) is 5.92 Å². The van der Waals surface area contributed by atoms with Crippen LogP contribution in [0.2, 0.25) is 0 Å². The van der Waals surface area contributed by atoms with Crippen molar-refractivity contribution in [3.8, 4) is 0 Å². The van der Waals surface area contributed by atoms with Crippen LogP contribution in [0.5, 0.6) is 0 Å². The molecule has 6 nitrogen and oxygen atoms in total. The van der Waals surface area contributed by atoms with Crippen LogP contribution in [0.4, 0.5) is 20.2 Å². The maximum absolute atomic E-state index is 13.5. The van der Waals surface area contributed by atoms with Crippen LogP contribution in [0.1, 0.15) is 31.4 Å². The molecule has 184 valence electrons. The van der Waals surface area contributed by atoms with Crippen LogP contribution in [0.15, 0.2) is 77.7 Å². The van der Waals surface area contributed by atoms with Gasteiger partial charge in [-0.15, -0.1) is 0 Å². The highest BCUT2D eigenvalue weighted by molar-refractivity contribution is 7.89. The van der Waals surface area contributed by atoms with Gasteiger partial charge in [0.2, 0.25) is 15.9 Å². The minimum absolute atomic E-state index is 0.125. The van der Waals surface area contributed by atoms with E-state index in [9.17, 15) is 22.0 Å². The molecule has 1 aliphatic heterocycles. The molecule has 0 spiro atoms. The standard InChI is InChI=1S/C26H27F2N3O3S/c1-18(19-5-3-2-4-6-19)29-21-7-9-22(10-8-21)30-26(32)20-13-15-31(16-14-20)35(33,34)23-11-12-24(27)25(28)17-23/h2-12,17-18,20,29H,13-16H2,1H3,(H,30,32). The second-order valence-electron chi connectivity index (χ2n) is 8.60. The fourth-order valence-electron chi connectivity index (χ4n) is 4.11. The zero-order valence-electron chi connectivity index (χ0n) is 19.2. The molecule has 1 heterocycles. The summed E-state index contributed by atoms with van der Waals surface area (Å²) in [6, 6.07) is 20.2. The monoisotopic (exact) mass is 499 g/mol. The normalized spacial score (nSPS) is 16.0. The highest BCUT2D eigenvalue weighted by atomic mass is 32.2. The Morgan fingerprint density at radius 3 is 2.17 bits per heavy atom. The van der Waals surface area contributed by atoms with Crippen LogP contribution in [-0.4, -0.2) is 31.7 Å². The molecule has 1 saturated heterocycles. The molecule has 35 heavy (non-hydrogen) atoms. The largest absolute Gasteiger partial charge is 0.379 e. The van der Waals surface area contributed by atoms with Gasteiger partial charge in [-0.25, -0.2) is 17.2 Å². The van der Waals surface area contributed by atoms with E-state index in [1.165, 1.54) is 9.87 Å². The summed E-state index contributed by atoms with van der Waals surface area (Å²) in [4.78, 5) is 12.4. The summed E-state index contributed by atoms with van der Waals surface area (Å²) < 4.78 is 53.4. The number of sulfonamides is 1. The van der Waals surface area contributed by atoms with Gasteiger partial charge in [-0.1, -0.05) is 30.3 Å². The molecule has 0 radical (unpaired) electrons.